The van der Waals surface area contributed by atoms with Crippen molar-refractivity contribution < 1.29 is 14.6 Å². The van der Waals surface area contributed by atoms with Crippen LogP contribution in [-0.4, -0.2) is 18.2 Å². The Hall–Kier alpha value is -1.77. The second kappa shape index (κ2) is 4.46. The Morgan fingerprint density at radius 3 is 2.43 bits per heavy atom. The Morgan fingerprint density at radius 2 is 1.93 bits per heavy atom. The fourth-order valence-corrected chi connectivity index (χ4v) is 1.04. The summed E-state index contributed by atoms with van der Waals surface area (Å²) in [5.74, 6) is -0.143. The molecule has 1 aromatic carbocycles. The average molecular weight is 192 g/mol. The van der Waals surface area contributed by atoms with Gasteiger partial charge in [-0.15, -0.1) is 0 Å². The Labute approximate surface area is 82.6 Å². The number of rotatable bonds is 2. The molecule has 0 saturated carbocycles. The summed E-state index contributed by atoms with van der Waals surface area (Å²) in [6, 6.07) is 6.58. The molecule has 1 rings (SSSR count). The van der Waals surface area contributed by atoms with E-state index in [1.54, 1.807) is 37.3 Å². The molecule has 14 heavy (non-hydrogen) atoms. The van der Waals surface area contributed by atoms with E-state index < -0.39 is 0 Å². The molecule has 3 nitrogen and oxygen atoms in total. The van der Waals surface area contributed by atoms with Gasteiger partial charge in [-0.1, -0.05) is 12.1 Å². The van der Waals surface area contributed by atoms with Crippen molar-refractivity contribution in [3.05, 3.63) is 35.4 Å². The van der Waals surface area contributed by atoms with Gasteiger partial charge in [-0.2, -0.15) is 0 Å². The molecule has 0 aliphatic heterocycles. The number of methoxy groups -OCH3 is 1. The number of esters is 1. The van der Waals surface area contributed by atoms with E-state index >= 15 is 0 Å². The molecular formula is C11H12O3. The molecule has 0 saturated heterocycles. The summed E-state index contributed by atoms with van der Waals surface area (Å²) in [6.07, 6.45) is 1.70. The molecule has 0 amide bonds. The van der Waals surface area contributed by atoms with Crippen LogP contribution in [0.3, 0.4) is 0 Å². The molecule has 0 aliphatic rings. The van der Waals surface area contributed by atoms with Gasteiger partial charge in [-0.25, -0.2) is 4.79 Å². The number of ether oxygens (including phenoxy) is 1. The lowest BCUT2D eigenvalue weighted by molar-refractivity contribution is -0.135. The van der Waals surface area contributed by atoms with Crippen molar-refractivity contribution in [2.24, 2.45) is 0 Å². The third-order valence-corrected chi connectivity index (χ3v) is 1.78. The molecule has 0 unspecified atom stereocenters. The van der Waals surface area contributed by atoms with Gasteiger partial charge in [0.2, 0.25) is 0 Å². The Morgan fingerprint density at radius 1 is 1.36 bits per heavy atom. The summed E-state index contributed by atoms with van der Waals surface area (Å²) >= 11 is 0. The number of carbonyl (C=O) groups is 1. The lowest BCUT2D eigenvalue weighted by Crippen LogP contribution is -2.00. The number of aromatic hydroxyl groups is 1. The summed E-state index contributed by atoms with van der Waals surface area (Å²) in [6.45, 7) is 1.68. The number of benzene rings is 1. The SMILES string of the molecule is COC(=O)/C(C)=C/c1ccc(O)cc1. The van der Waals surface area contributed by atoms with Crippen molar-refractivity contribution in [1.82, 2.24) is 0 Å². The maximum Gasteiger partial charge on any atom is 0.333 e. The summed E-state index contributed by atoms with van der Waals surface area (Å²) in [7, 11) is 1.34. The highest BCUT2D eigenvalue weighted by Crippen LogP contribution is 2.12. The smallest absolute Gasteiger partial charge is 0.333 e. The predicted molar refractivity (Wildman–Crippen MR) is 53.8 cm³/mol. The number of hydrogen-bond acceptors (Lipinski definition) is 3. The van der Waals surface area contributed by atoms with Crippen LogP contribution >= 0.6 is 0 Å². The third-order valence-electron chi connectivity index (χ3n) is 1.78. The summed E-state index contributed by atoms with van der Waals surface area (Å²) in [4.78, 5) is 11.0. The monoisotopic (exact) mass is 192 g/mol. The molecule has 0 radical (unpaired) electrons. The fourth-order valence-electron chi connectivity index (χ4n) is 1.04. The van der Waals surface area contributed by atoms with Crippen LogP contribution in [0.15, 0.2) is 29.8 Å². The van der Waals surface area contributed by atoms with Crippen molar-refractivity contribution in [3.63, 3.8) is 0 Å². The van der Waals surface area contributed by atoms with Crippen LogP contribution < -0.4 is 0 Å². The topological polar surface area (TPSA) is 46.5 Å². The molecule has 0 heterocycles. The van der Waals surface area contributed by atoms with Crippen LogP contribution in [0.5, 0.6) is 5.75 Å². The Kier molecular flexibility index (Phi) is 3.29. The summed E-state index contributed by atoms with van der Waals surface area (Å²) < 4.78 is 4.55. The molecule has 3 heteroatoms. The molecule has 0 spiro atoms. The lowest BCUT2D eigenvalue weighted by Gasteiger charge is -1.99. The van der Waals surface area contributed by atoms with Gasteiger partial charge >= 0.3 is 5.97 Å². The standard InChI is InChI=1S/C11H12O3/c1-8(11(13)14-2)7-9-3-5-10(12)6-4-9/h3-7,12H,1-2H3/b8-7+. The normalized spacial score (nSPS) is 11.1. The predicted octanol–water partition coefficient (Wildman–Crippen LogP) is 1.97. The van der Waals surface area contributed by atoms with E-state index in [-0.39, 0.29) is 11.7 Å². The number of hydrogen-bond donors (Lipinski definition) is 1. The van der Waals surface area contributed by atoms with Crippen LogP contribution in [0, 0.1) is 0 Å². The van der Waals surface area contributed by atoms with E-state index in [1.165, 1.54) is 7.11 Å². The number of carbonyl (C=O) groups excluding carboxylic acids is 1. The first-order chi connectivity index (χ1) is 6.63. The fraction of sp³-hybridized carbons (Fsp3) is 0.182. The van der Waals surface area contributed by atoms with Gasteiger partial charge < -0.3 is 9.84 Å². The maximum atomic E-state index is 11.0. The zero-order valence-electron chi connectivity index (χ0n) is 8.15. The molecule has 74 valence electrons. The van der Waals surface area contributed by atoms with Crippen molar-refractivity contribution in [1.29, 1.82) is 0 Å². The van der Waals surface area contributed by atoms with Crippen molar-refractivity contribution in [3.8, 4) is 5.75 Å². The van der Waals surface area contributed by atoms with Crippen LogP contribution in [0.4, 0.5) is 0 Å². The molecule has 0 fully saturated rings. The number of phenolic OH excluding ortho intramolecular Hbond substituents is 1. The van der Waals surface area contributed by atoms with Gasteiger partial charge in [-0.3, -0.25) is 0 Å². The van der Waals surface area contributed by atoms with Crippen molar-refractivity contribution in [2.45, 2.75) is 6.92 Å². The maximum absolute atomic E-state index is 11.0. The minimum Gasteiger partial charge on any atom is -0.508 e. The Bertz CT molecular complexity index is 349. The second-order valence-electron chi connectivity index (χ2n) is 2.91. The van der Waals surface area contributed by atoms with E-state index in [0.29, 0.717) is 5.57 Å². The largest absolute Gasteiger partial charge is 0.508 e. The van der Waals surface area contributed by atoms with Gasteiger partial charge in [0.05, 0.1) is 7.11 Å². The molecule has 0 aliphatic carbocycles. The van der Waals surface area contributed by atoms with E-state index in [4.69, 9.17) is 5.11 Å². The molecule has 0 atom stereocenters. The molecule has 1 N–H and O–H groups in total. The average Bonchev–Trinajstić information content (AvgIpc) is 2.20. The first-order valence-electron chi connectivity index (χ1n) is 4.19. The molecule has 1 aromatic rings. The van der Waals surface area contributed by atoms with Crippen LogP contribution in [0.1, 0.15) is 12.5 Å². The highest BCUT2D eigenvalue weighted by Gasteiger charge is 2.02. The molecule has 0 aromatic heterocycles. The van der Waals surface area contributed by atoms with Crippen LogP contribution in [-0.2, 0) is 9.53 Å². The number of phenols is 1. The van der Waals surface area contributed by atoms with E-state index in [0.717, 1.165) is 5.56 Å². The minimum absolute atomic E-state index is 0.206. The van der Waals surface area contributed by atoms with E-state index in [1.807, 2.05) is 0 Å². The van der Waals surface area contributed by atoms with E-state index in [9.17, 15) is 4.79 Å². The van der Waals surface area contributed by atoms with Crippen molar-refractivity contribution in [2.75, 3.05) is 7.11 Å². The van der Waals surface area contributed by atoms with Gasteiger partial charge in [-0.05, 0) is 30.7 Å². The van der Waals surface area contributed by atoms with Gasteiger partial charge in [0.15, 0.2) is 0 Å². The lowest BCUT2D eigenvalue weighted by atomic mass is 10.1. The zero-order chi connectivity index (χ0) is 10.6. The first-order valence-corrected chi connectivity index (χ1v) is 4.19. The first kappa shape index (κ1) is 10.3. The van der Waals surface area contributed by atoms with Crippen LogP contribution in [0.25, 0.3) is 6.08 Å². The van der Waals surface area contributed by atoms with Crippen LogP contribution in [0.2, 0.25) is 0 Å². The quantitative estimate of drug-likeness (QED) is 0.575. The minimum atomic E-state index is -0.349. The van der Waals surface area contributed by atoms with Crippen molar-refractivity contribution >= 4 is 12.0 Å². The highest BCUT2D eigenvalue weighted by atomic mass is 16.5. The van der Waals surface area contributed by atoms with Gasteiger partial charge in [0.25, 0.3) is 0 Å². The Balaban J connectivity index is 2.86. The second-order valence-corrected chi connectivity index (χ2v) is 2.91. The summed E-state index contributed by atoms with van der Waals surface area (Å²) in [5, 5.41) is 9.03. The highest BCUT2D eigenvalue weighted by molar-refractivity contribution is 5.92. The van der Waals surface area contributed by atoms with Gasteiger partial charge in [0, 0.05) is 5.57 Å². The molecular weight excluding hydrogens is 180 g/mol. The zero-order valence-corrected chi connectivity index (χ0v) is 8.15. The van der Waals surface area contributed by atoms with Gasteiger partial charge in [0.1, 0.15) is 5.75 Å². The van der Waals surface area contributed by atoms with E-state index in [2.05, 4.69) is 4.74 Å². The summed E-state index contributed by atoms with van der Waals surface area (Å²) in [5.41, 5.74) is 1.38. The third kappa shape index (κ3) is 2.62. The molecule has 0 bridgehead atoms.